The van der Waals surface area contributed by atoms with Crippen molar-refractivity contribution in [2.24, 2.45) is 0 Å². The summed E-state index contributed by atoms with van der Waals surface area (Å²) in [4.78, 5) is 5.01. The third kappa shape index (κ3) is 3.54. The highest BCUT2D eigenvalue weighted by Crippen LogP contribution is 2.37. The van der Waals surface area contributed by atoms with Crippen LogP contribution < -0.4 is 4.90 Å². The summed E-state index contributed by atoms with van der Waals surface area (Å²) in [6.07, 6.45) is 6.28. The molecule has 23 heavy (non-hydrogen) atoms. The number of anilines is 1. The van der Waals surface area contributed by atoms with Crippen LogP contribution in [0, 0.1) is 0 Å². The summed E-state index contributed by atoms with van der Waals surface area (Å²) in [5.41, 5.74) is 1.34. The maximum atomic E-state index is 6.33. The van der Waals surface area contributed by atoms with Gasteiger partial charge in [-0.2, -0.15) is 0 Å². The van der Waals surface area contributed by atoms with E-state index < -0.39 is 0 Å². The van der Waals surface area contributed by atoms with Crippen molar-refractivity contribution in [3.63, 3.8) is 0 Å². The summed E-state index contributed by atoms with van der Waals surface area (Å²) in [6.45, 7) is 6.22. The van der Waals surface area contributed by atoms with Gasteiger partial charge in [0.15, 0.2) is 5.79 Å². The molecule has 1 saturated carbocycles. The number of rotatable bonds is 3. The number of piperazine rings is 1. The number of para-hydroxylation sites is 1. The zero-order valence-corrected chi connectivity index (χ0v) is 14.0. The van der Waals surface area contributed by atoms with Crippen molar-refractivity contribution in [1.82, 2.24) is 4.90 Å². The Morgan fingerprint density at radius 2 is 1.70 bits per heavy atom. The first kappa shape index (κ1) is 15.4. The second kappa shape index (κ2) is 6.80. The molecule has 0 radical (unpaired) electrons. The van der Waals surface area contributed by atoms with E-state index in [0.29, 0.717) is 0 Å². The maximum Gasteiger partial charge on any atom is 0.168 e. The monoisotopic (exact) mass is 316 g/mol. The Hall–Kier alpha value is -1.10. The van der Waals surface area contributed by atoms with Crippen LogP contribution in [-0.4, -0.2) is 56.1 Å². The SMILES string of the molecule is c1ccc(N2CCN(C[C@H]3COC4(CCCCC4)O3)CC2)cc1. The van der Waals surface area contributed by atoms with Crippen molar-refractivity contribution < 1.29 is 9.47 Å². The fourth-order valence-corrected chi connectivity index (χ4v) is 4.17. The van der Waals surface area contributed by atoms with Crippen LogP contribution in [0.4, 0.5) is 5.69 Å². The van der Waals surface area contributed by atoms with Gasteiger partial charge in [0.2, 0.25) is 0 Å². The predicted octanol–water partition coefficient (Wildman–Crippen LogP) is 2.88. The molecule has 1 spiro atoms. The van der Waals surface area contributed by atoms with Crippen molar-refractivity contribution >= 4 is 5.69 Å². The van der Waals surface area contributed by atoms with Gasteiger partial charge in [0, 0.05) is 51.3 Å². The first-order valence-electron chi connectivity index (χ1n) is 9.17. The van der Waals surface area contributed by atoms with Crippen LogP contribution in [-0.2, 0) is 9.47 Å². The van der Waals surface area contributed by atoms with Crippen LogP contribution in [0.25, 0.3) is 0 Å². The highest BCUT2D eigenvalue weighted by atomic mass is 16.7. The van der Waals surface area contributed by atoms with Gasteiger partial charge in [0.05, 0.1) is 12.7 Å². The average molecular weight is 316 g/mol. The largest absolute Gasteiger partial charge is 0.369 e. The van der Waals surface area contributed by atoms with E-state index in [1.807, 2.05) is 0 Å². The number of ether oxygens (including phenoxy) is 2. The molecule has 0 bridgehead atoms. The molecule has 126 valence electrons. The van der Waals surface area contributed by atoms with Crippen LogP contribution in [0.3, 0.4) is 0 Å². The van der Waals surface area contributed by atoms with Crippen LogP contribution in [0.15, 0.2) is 30.3 Å². The second-order valence-corrected chi connectivity index (χ2v) is 7.15. The first-order chi connectivity index (χ1) is 11.3. The topological polar surface area (TPSA) is 24.9 Å². The van der Waals surface area contributed by atoms with Crippen molar-refractivity contribution in [1.29, 1.82) is 0 Å². The van der Waals surface area contributed by atoms with E-state index in [1.165, 1.54) is 24.9 Å². The fourth-order valence-electron chi connectivity index (χ4n) is 4.17. The molecule has 1 aromatic carbocycles. The van der Waals surface area contributed by atoms with Gasteiger partial charge >= 0.3 is 0 Å². The quantitative estimate of drug-likeness (QED) is 0.856. The van der Waals surface area contributed by atoms with E-state index in [1.54, 1.807) is 0 Å². The van der Waals surface area contributed by atoms with E-state index >= 15 is 0 Å². The molecule has 2 aliphatic heterocycles. The molecule has 3 aliphatic rings. The van der Waals surface area contributed by atoms with E-state index in [9.17, 15) is 0 Å². The van der Waals surface area contributed by atoms with Crippen molar-refractivity contribution in [3.8, 4) is 0 Å². The number of nitrogens with zero attached hydrogens (tertiary/aromatic N) is 2. The molecular weight excluding hydrogens is 288 g/mol. The summed E-state index contributed by atoms with van der Waals surface area (Å²) >= 11 is 0. The summed E-state index contributed by atoms with van der Waals surface area (Å²) in [5.74, 6) is -0.227. The zero-order valence-electron chi connectivity index (χ0n) is 14.0. The molecule has 0 N–H and O–H groups in total. The molecule has 4 nitrogen and oxygen atoms in total. The zero-order chi connectivity index (χ0) is 15.5. The average Bonchev–Trinajstić information content (AvgIpc) is 2.99. The normalized spacial score (nSPS) is 28.3. The molecule has 0 aromatic heterocycles. The summed E-state index contributed by atoms with van der Waals surface area (Å²) < 4.78 is 12.4. The summed E-state index contributed by atoms with van der Waals surface area (Å²) in [6, 6.07) is 10.7. The Bertz CT molecular complexity index is 493. The molecule has 1 aliphatic carbocycles. The third-order valence-corrected chi connectivity index (χ3v) is 5.48. The Morgan fingerprint density at radius 3 is 2.43 bits per heavy atom. The Balaban J connectivity index is 1.25. The van der Waals surface area contributed by atoms with Crippen LogP contribution >= 0.6 is 0 Å². The van der Waals surface area contributed by atoms with Gasteiger partial charge in [-0.15, -0.1) is 0 Å². The van der Waals surface area contributed by atoms with Gasteiger partial charge in [-0.25, -0.2) is 0 Å². The Kier molecular flexibility index (Phi) is 4.56. The van der Waals surface area contributed by atoms with Gasteiger partial charge < -0.3 is 14.4 Å². The third-order valence-electron chi connectivity index (χ3n) is 5.48. The van der Waals surface area contributed by atoms with Gasteiger partial charge in [0.25, 0.3) is 0 Å². The van der Waals surface area contributed by atoms with E-state index in [4.69, 9.17) is 9.47 Å². The van der Waals surface area contributed by atoms with Crippen molar-refractivity contribution in [2.45, 2.75) is 44.0 Å². The number of hydrogen-bond donors (Lipinski definition) is 0. The molecule has 0 unspecified atom stereocenters. The minimum absolute atomic E-state index is 0.227. The van der Waals surface area contributed by atoms with Crippen molar-refractivity contribution in [2.75, 3.05) is 44.2 Å². The van der Waals surface area contributed by atoms with Crippen LogP contribution in [0.5, 0.6) is 0 Å². The number of hydrogen-bond acceptors (Lipinski definition) is 4. The summed E-state index contributed by atoms with van der Waals surface area (Å²) in [5, 5.41) is 0. The minimum Gasteiger partial charge on any atom is -0.369 e. The molecular formula is C19H28N2O2. The standard InChI is InChI=1S/C19H28N2O2/c1-3-7-17(8-4-1)21-13-11-20(12-14-21)15-18-16-22-19(23-18)9-5-2-6-10-19/h1,3-4,7-8,18H,2,5-6,9-16H2/t18-/m0/s1. The Morgan fingerprint density at radius 1 is 0.957 bits per heavy atom. The lowest BCUT2D eigenvalue weighted by atomic mass is 9.94. The highest BCUT2D eigenvalue weighted by Gasteiger charge is 2.42. The fraction of sp³-hybridized carbons (Fsp3) is 0.684. The molecule has 1 atom stereocenters. The molecule has 4 rings (SSSR count). The van der Waals surface area contributed by atoms with E-state index in [2.05, 4.69) is 40.1 Å². The van der Waals surface area contributed by atoms with Gasteiger partial charge in [-0.3, -0.25) is 4.90 Å². The first-order valence-corrected chi connectivity index (χ1v) is 9.17. The van der Waals surface area contributed by atoms with Crippen molar-refractivity contribution in [3.05, 3.63) is 30.3 Å². The number of benzene rings is 1. The molecule has 3 fully saturated rings. The molecule has 0 amide bonds. The van der Waals surface area contributed by atoms with E-state index in [0.717, 1.165) is 52.2 Å². The predicted molar refractivity (Wildman–Crippen MR) is 91.7 cm³/mol. The minimum atomic E-state index is -0.227. The molecule has 1 aromatic rings. The molecule has 2 heterocycles. The lowest BCUT2D eigenvalue weighted by Crippen LogP contribution is -2.49. The maximum absolute atomic E-state index is 6.33. The lowest BCUT2D eigenvalue weighted by Gasteiger charge is -2.37. The second-order valence-electron chi connectivity index (χ2n) is 7.15. The molecule has 2 saturated heterocycles. The van der Waals surface area contributed by atoms with Gasteiger partial charge in [-0.05, 0) is 25.0 Å². The summed E-state index contributed by atoms with van der Waals surface area (Å²) in [7, 11) is 0. The van der Waals surface area contributed by atoms with E-state index in [-0.39, 0.29) is 11.9 Å². The van der Waals surface area contributed by atoms with Crippen LogP contribution in [0.2, 0.25) is 0 Å². The highest BCUT2D eigenvalue weighted by molar-refractivity contribution is 5.46. The molecule has 4 heteroatoms. The van der Waals surface area contributed by atoms with Gasteiger partial charge in [0.1, 0.15) is 0 Å². The van der Waals surface area contributed by atoms with Crippen LogP contribution in [0.1, 0.15) is 32.1 Å². The Labute approximate surface area is 139 Å². The lowest BCUT2D eigenvalue weighted by molar-refractivity contribution is -0.188. The van der Waals surface area contributed by atoms with Gasteiger partial charge in [-0.1, -0.05) is 24.6 Å². The smallest absolute Gasteiger partial charge is 0.168 e.